The molecule has 1 aromatic heterocycles. The number of nitrogen functional groups attached to an aromatic ring is 1. The third kappa shape index (κ3) is 2.23. The van der Waals surface area contributed by atoms with Crippen LogP contribution >= 0.6 is 0 Å². The molecule has 94 valence electrons. The fraction of sp³-hybridized carbons (Fsp3) is 0.385. The molecule has 5 nitrogen and oxygen atoms in total. The van der Waals surface area contributed by atoms with Crippen molar-refractivity contribution in [1.29, 1.82) is 5.26 Å². The molecule has 0 atom stereocenters. The van der Waals surface area contributed by atoms with Crippen LogP contribution in [0.5, 0.6) is 0 Å². The number of oxazole rings is 1. The number of benzene rings is 1. The van der Waals surface area contributed by atoms with Crippen molar-refractivity contribution in [2.45, 2.75) is 26.8 Å². The summed E-state index contributed by atoms with van der Waals surface area (Å²) in [5, 5.41) is 8.97. The van der Waals surface area contributed by atoms with Gasteiger partial charge in [-0.2, -0.15) is 5.26 Å². The quantitative estimate of drug-likeness (QED) is 0.839. The zero-order valence-electron chi connectivity index (χ0n) is 10.4. The first-order valence-corrected chi connectivity index (χ1v) is 5.73. The molecule has 0 bridgehead atoms. The zero-order chi connectivity index (χ0) is 13.3. The molecule has 0 unspecified atom stereocenters. The topological polar surface area (TPSA) is 85.0 Å². The molecule has 0 radical (unpaired) electrons. The van der Waals surface area contributed by atoms with Crippen LogP contribution in [0.2, 0.25) is 0 Å². The predicted octanol–water partition coefficient (Wildman–Crippen LogP) is 2.12. The second kappa shape index (κ2) is 4.22. The maximum atomic E-state index is 11.7. The highest BCUT2D eigenvalue weighted by atomic mass is 16.4. The molecule has 0 aliphatic heterocycles. The molecule has 0 aliphatic rings. The average molecular weight is 245 g/mol. The monoisotopic (exact) mass is 245 g/mol. The van der Waals surface area contributed by atoms with Crippen LogP contribution < -0.4 is 11.5 Å². The second-order valence-corrected chi connectivity index (χ2v) is 4.99. The average Bonchev–Trinajstić information content (AvgIpc) is 2.62. The molecule has 0 saturated carbocycles. The van der Waals surface area contributed by atoms with Crippen molar-refractivity contribution in [3.8, 4) is 6.07 Å². The van der Waals surface area contributed by atoms with Crippen molar-refractivity contribution in [3.05, 3.63) is 28.7 Å². The lowest BCUT2D eigenvalue weighted by Crippen LogP contribution is -2.19. The molecule has 0 amide bonds. The van der Waals surface area contributed by atoms with Gasteiger partial charge in [0.15, 0.2) is 5.58 Å². The Morgan fingerprint density at radius 2 is 2.22 bits per heavy atom. The third-order valence-corrected chi connectivity index (χ3v) is 2.95. The standard InChI is InChI=1S/C13H15N3O2/c1-13(2,8-14)5-6-16-10-7-9(15)3-4-11(10)18-12(16)17/h3-4,7H,5-6,15H2,1-2H3. The summed E-state index contributed by atoms with van der Waals surface area (Å²) in [5.41, 5.74) is 7.00. The van der Waals surface area contributed by atoms with E-state index in [2.05, 4.69) is 6.07 Å². The maximum Gasteiger partial charge on any atom is 0.419 e. The van der Waals surface area contributed by atoms with Crippen molar-refractivity contribution >= 4 is 16.8 Å². The number of hydrogen-bond acceptors (Lipinski definition) is 4. The Morgan fingerprint density at radius 3 is 2.89 bits per heavy atom. The minimum absolute atomic E-state index is 0.413. The zero-order valence-corrected chi connectivity index (χ0v) is 10.4. The van der Waals surface area contributed by atoms with E-state index in [1.807, 2.05) is 13.8 Å². The molecule has 0 fully saturated rings. The molecule has 0 spiro atoms. The number of anilines is 1. The van der Waals surface area contributed by atoms with Gasteiger partial charge in [0.05, 0.1) is 17.0 Å². The summed E-state index contributed by atoms with van der Waals surface area (Å²) in [6, 6.07) is 7.29. The van der Waals surface area contributed by atoms with Gasteiger partial charge in [-0.3, -0.25) is 4.57 Å². The Bertz CT molecular complexity index is 674. The van der Waals surface area contributed by atoms with Crippen LogP contribution in [-0.4, -0.2) is 4.57 Å². The molecule has 1 heterocycles. The highest BCUT2D eigenvalue weighted by molar-refractivity contribution is 5.76. The van der Waals surface area contributed by atoms with Crippen molar-refractivity contribution in [2.24, 2.45) is 5.41 Å². The van der Waals surface area contributed by atoms with E-state index in [0.717, 1.165) is 0 Å². The number of rotatable bonds is 3. The SMILES string of the molecule is CC(C)(C#N)CCn1c(=O)oc2ccc(N)cc21. The number of hydrogen-bond donors (Lipinski definition) is 1. The lowest BCUT2D eigenvalue weighted by molar-refractivity contribution is 0.399. The van der Waals surface area contributed by atoms with Crippen molar-refractivity contribution in [1.82, 2.24) is 4.57 Å². The molecule has 0 saturated heterocycles. The normalized spacial score (nSPS) is 11.6. The summed E-state index contributed by atoms with van der Waals surface area (Å²) >= 11 is 0. The van der Waals surface area contributed by atoms with Gasteiger partial charge >= 0.3 is 5.76 Å². The number of aryl methyl sites for hydroxylation is 1. The minimum atomic E-state index is -0.469. The highest BCUT2D eigenvalue weighted by Gasteiger charge is 2.18. The van der Waals surface area contributed by atoms with Crippen LogP contribution in [0.25, 0.3) is 11.1 Å². The largest absolute Gasteiger partial charge is 0.419 e. The van der Waals surface area contributed by atoms with E-state index in [4.69, 9.17) is 15.4 Å². The van der Waals surface area contributed by atoms with Crippen LogP contribution in [0.15, 0.2) is 27.4 Å². The maximum absolute atomic E-state index is 11.7. The molecule has 18 heavy (non-hydrogen) atoms. The highest BCUT2D eigenvalue weighted by Crippen LogP contribution is 2.22. The fourth-order valence-electron chi connectivity index (χ4n) is 1.74. The lowest BCUT2D eigenvalue weighted by atomic mass is 9.91. The number of nitriles is 1. The number of fused-ring (bicyclic) bond motifs is 1. The van der Waals surface area contributed by atoms with E-state index in [9.17, 15) is 4.79 Å². The summed E-state index contributed by atoms with van der Waals surface area (Å²) < 4.78 is 6.64. The molecular formula is C13H15N3O2. The van der Waals surface area contributed by atoms with E-state index in [-0.39, 0.29) is 0 Å². The first-order valence-electron chi connectivity index (χ1n) is 5.73. The predicted molar refractivity (Wildman–Crippen MR) is 68.9 cm³/mol. The van der Waals surface area contributed by atoms with Crippen LogP contribution in [0.1, 0.15) is 20.3 Å². The number of aromatic nitrogens is 1. The van der Waals surface area contributed by atoms with Gasteiger partial charge in [-0.15, -0.1) is 0 Å². The van der Waals surface area contributed by atoms with Gasteiger partial charge in [0.1, 0.15) is 0 Å². The van der Waals surface area contributed by atoms with Gasteiger partial charge in [-0.1, -0.05) is 0 Å². The Balaban J connectivity index is 2.39. The van der Waals surface area contributed by atoms with Gasteiger partial charge in [-0.05, 0) is 38.5 Å². The van der Waals surface area contributed by atoms with Crippen LogP contribution in [0, 0.1) is 16.7 Å². The van der Waals surface area contributed by atoms with E-state index >= 15 is 0 Å². The van der Waals surface area contributed by atoms with E-state index in [1.165, 1.54) is 4.57 Å². The molecule has 0 aliphatic carbocycles. The first-order chi connectivity index (χ1) is 8.43. The molecule has 2 aromatic rings. The summed E-state index contributed by atoms with van der Waals surface area (Å²) in [6.45, 7) is 4.12. The molecule has 2 rings (SSSR count). The summed E-state index contributed by atoms with van der Waals surface area (Å²) in [6.07, 6.45) is 0.576. The van der Waals surface area contributed by atoms with Crippen LogP contribution in [0.4, 0.5) is 5.69 Å². The van der Waals surface area contributed by atoms with Crippen molar-refractivity contribution in [3.63, 3.8) is 0 Å². The molecule has 2 N–H and O–H groups in total. The molecule has 1 aromatic carbocycles. The lowest BCUT2D eigenvalue weighted by Gasteiger charge is -2.14. The van der Waals surface area contributed by atoms with Gasteiger partial charge in [0, 0.05) is 12.2 Å². The van der Waals surface area contributed by atoms with Gasteiger partial charge < -0.3 is 10.2 Å². The summed E-state index contributed by atoms with van der Waals surface area (Å²) in [7, 11) is 0. The van der Waals surface area contributed by atoms with Crippen LogP contribution in [-0.2, 0) is 6.54 Å². The second-order valence-electron chi connectivity index (χ2n) is 4.99. The van der Waals surface area contributed by atoms with Crippen molar-refractivity contribution in [2.75, 3.05) is 5.73 Å². The van der Waals surface area contributed by atoms with E-state index < -0.39 is 11.2 Å². The van der Waals surface area contributed by atoms with Crippen LogP contribution in [0.3, 0.4) is 0 Å². The van der Waals surface area contributed by atoms with Gasteiger partial charge in [0.2, 0.25) is 0 Å². The Hall–Kier alpha value is -2.22. The first kappa shape index (κ1) is 12.2. The molecule has 5 heteroatoms. The Kier molecular flexibility index (Phi) is 2.87. The third-order valence-electron chi connectivity index (χ3n) is 2.95. The summed E-state index contributed by atoms with van der Waals surface area (Å²) in [4.78, 5) is 11.7. The van der Waals surface area contributed by atoms with E-state index in [0.29, 0.717) is 29.8 Å². The molecular weight excluding hydrogens is 230 g/mol. The Labute approximate surface area is 104 Å². The number of nitrogens with two attached hydrogens (primary N) is 1. The minimum Gasteiger partial charge on any atom is -0.408 e. The summed E-state index contributed by atoms with van der Waals surface area (Å²) in [5.74, 6) is -0.413. The number of nitrogens with zero attached hydrogens (tertiary/aromatic N) is 2. The fourth-order valence-corrected chi connectivity index (χ4v) is 1.74. The van der Waals surface area contributed by atoms with Crippen molar-refractivity contribution < 1.29 is 4.42 Å². The Morgan fingerprint density at radius 1 is 1.50 bits per heavy atom. The van der Waals surface area contributed by atoms with E-state index in [1.54, 1.807) is 18.2 Å². The van der Waals surface area contributed by atoms with Gasteiger partial charge in [0.25, 0.3) is 0 Å². The smallest absolute Gasteiger partial charge is 0.408 e. The van der Waals surface area contributed by atoms with Gasteiger partial charge in [-0.25, -0.2) is 4.79 Å².